The first-order valence-electron chi connectivity index (χ1n) is 3.29. The molecule has 0 spiro atoms. The van der Waals surface area contributed by atoms with Crippen LogP contribution in [0.25, 0.3) is 0 Å². The van der Waals surface area contributed by atoms with Crippen LogP contribution in [0, 0.1) is 0 Å². The Morgan fingerprint density at radius 3 is 3.09 bits per heavy atom. The smallest absolute Gasteiger partial charge is 0.183 e. The molecule has 1 rings (SSSR count). The molecule has 0 aliphatic carbocycles. The zero-order valence-corrected chi connectivity index (χ0v) is 8.58. The number of nitrogens with zero attached hydrogens (tertiary/aromatic N) is 1. The third-order valence-corrected chi connectivity index (χ3v) is 2.56. The Labute approximate surface area is 78.1 Å². The maximum Gasteiger partial charge on any atom is 0.183 e. The van der Waals surface area contributed by atoms with Crippen LogP contribution in [-0.4, -0.2) is 17.6 Å². The molecule has 1 heterocycles. The molecule has 3 N–H and O–H groups in total. The number of rotatable bonds is 3. The normalized spacial score (nSPS) is 13.0. The lowest BCUT2D eigenvalue weighted by molar-refractivity contribution is 0.779. The lowest BCUT2D eigenvalue weighted by atomic mass is 10.4. The molecule has 0 radical (unpaired) electrons. The predicted octanol–water partition coefficient (Wildman–Crippen LogP) is 1.66. The molecular weight excluding hydrogens is 226 g/mol. The summed E-state index contributed by atoms with van der Waals surface area (Å²) in [5.41, 5.74) is 5.55. The van der Waals surface area contributed by atoms with Gasteiger partial charge in [-0.2, -0.15) is 0 Å². The summed E-state index contributed by atoms with van der Waals surface area (Å²) in [6.07, 6.45) is 0. The van der Waals surface area contributed by atoms with E-state index < -0.39 is 0 Å². The molecule has 0 aromatic carbocycles. The van der Waals surface area contributed by atoms with Gasteiger partial charge in [0, 0.05) is 18.0 Å². The van der Waals surface area contributed by atoms with Gasteiger partial charge in [-0.15, -0.1) is 11.3 Å². The number of halogens is 1. The van der Waals surface area contributed by atoms with Gasteiger partial charge in [-0.25, -0.2) is 4.98 Å². The molecule has 1 unspecified atom stereocenters. The fourth-order valence-corrected chi connectivity index (χ4v) is 1.74. The van der Waals surface area contributed by atoms with E-state index in [1.165, 1.54) is 0 Å². The van der Waals surface area contributed by atoms with Gasteiger partial charge in [0.05, 0.1) is 0 Å². The Bertz CT molecular complexity index is 223. The van der Waals surface area contributed by atoms with E-state index in [2.05, 4.69) is 26.2 Å². The summed E-state index contributed by atoms with van der Waals surface area (Å²) in [4.78, 5) is 4.15. The highest BCUT2D eigenvalue weighted by Gasteiger charge is 1.98. The van der Waals surface area contributed by atoms with Crippen LogP contribution in [0.2, 0.25) is 0 Å². The highest BCUT2D eigenvalue weighted by molar-refractivity contribution is 9.10. The zero-order valence-electron chi connectivity index (χ0n) is 6.17. The van der Waals surface area contributed by atoms with Crippen molar-refractivity contribution in [3.63, 3.8) is 0 Å². The van der Waals surface area contributed by atoms with Gasteiger partial charge >= 0.3 is 0 Å². The topological polar surface area (TPSA) is 50.9 Å². The lowest BCUT2D eigenvalue weighted by Crippen LogP contribution is -2.25. The molecule has 0 saturated carbocycles. The van der Waals surface area contributed by atoms with Crippen LogP contribution in [0.4, 0.5) is 5.13 Å². The molecule has 0 saturated heterocycles. The van der Waals surface area contributed by atoms with Gasteiger partial charge in [-0.3, -0.25) is 0 Å². The Balaban J connectivity index is 2.39. The summed E-state index contributed by atoms with van der Waals surface area (Å²) in [7, 11) is 0. The largest absolute Gasteiger partial charge is 0.360 e. The van der Waals surface area contributed by atoms with Crippen LogP contribution in [0.3, 0.4) is 0 Å². The van der Waals surface area contributed by atoms with E-state index in [0.29, 0.717) is 0 Å². The van der Waals surface area contributed by atoms with Crippen LogP contribution in [0.5, 0.6) is 0 Å². The number of hydrogen-bond donors (Lipinski definition) is 2. The van der Waals surface area contributed by atoms with Crippen LogP contribution in [0.1, 0.15) is 6.92 Å². The number of hydrogen-bond acceptors (Lipinski definition) is 4. The summed E-state index contributed by atoms with van der Waals surface area (Å²) in [5, 5.41) is 5.96. The maximum absolute atomic E-state index is 5.55. The predicted molar refractivity (Wildman–Crippen MR) is 52.0 cm³/mol. The van der Waals surface area contributed by atoms with Crippen molar-refractivity contribution in [3.8, 4) is 0 Å². The molecule has 0 aliphatic rings. The van der Waals surface area contributed by atoms with E-state index in [0.717, 1.165) is 16.3 Å². The molecule has 0 aliphatic heterocycles. The average Bonchev–Trinajstić information content (AvgIpc) is 2.31. The van der Waals surface area contributed by atoms with Crippen molar-refractivity contribution in [3.05, 3.63) is 9.98 Å². The molecule has 0 amide bonds. The summed E-state index contributed by atoms with van der Waals surface area (Å²) in [6, 6.07) is 0.165. The second-order valence-electron chi connectivity index (χ2n) is 2.33. The number of nitrogens with two attached hydrogens (primary N) is 1. The van der Waals surface area contributed by atoms with E-state index in [1.54, 1.807) is 11.3 Å². The van der Waals surface area contributed by atoms with E-state index >= 15 is 0 Å². The monoisotopic (exact) mass is 235 g/mol. The van der Waals surface area contributed by atoms with Crippen LogP contribution in [0.15, 0.2) is 9.98 Å². The molecule has 11 heavy (non-hydrogen) atoms. The van der Waals surface area contributed by atoms with Crippen LogP contribution >= 0.6 is 27.3 Å². The van der Waals surface area contributed by atoms with Gasteiger partial charge in [0.1, 0.15) is 4.60 Å². The molecule has 3 nitrogen and oxygen atoms in total. The highest BCUT2D eigenvalue weighted by atomic mass is 79.9. The van der Waals surface area contributed by atoms with Crippen LogP contribution in [-0.2, 0) is 0 Å². The van der Waals surface area contributed by atoms with E-state index in [9.17, 15) is 0 Å². The zero-order chi connectivity index (χ0) is 8.27. The number of aromatic nitrogens is 1. The van der Waals surface area contributed by atoms with Crippen molar-refractivity contribution in [2.75, 3.05) is 11.9 Å². The van der Waals surface area contributed by atoms with Crippen LogP contribution < -0.4 is 11.1 Å². The quantitative estimate of drug-likeness (QED) is 0.839. The molecule has 5 heteroatoms. The standard InChI is InChI=1S/C6H10BrN3S/c1-4(8)2-9-6-10-5(7)3-11-6/h3-4H,2,8H2,1H3,(H,9,10). The van der Waals surface area contributed by atoms with Gasteiger partial charge in [0.2, 0.25) is 0 Å². The molecule has 0 fully saturated rings. The van der Waals surface area contributed by atoms with Gasteiger partial charge < -0.3 is 11.1 Å². The first-order valence-corrected chi connectivity index (χ1v) is 4.96. The number of nitrogens with one attached hydrogen (secondary N) is 1. The minimum atomic E-state index is 0.165. The fourth-order valence-electron chi connectivity index (χ4n) is 0.584. The maximum atomic E-state index is 5.55. The molecule has 1 aromatic rings. The second-order valence-corrected chi connectivity index (χ2v) is 4.00. The van der Waals surface area contributed by atoms with Gasteiger partial charge in [0.25, 0.3) is 0 Å². The SMILES string of the molecule is CC(N)CNc1nc(Br)cs1. The van der Waals surface area contributed by atoms with Crippen molar-refractivity contribution < 1.29 is 0 Å². The summed E-state index contributed by atoms with van der Waals surface area (Å²) in [6.45, 7) is 2.72. The summed E-state index contributed by atoms with van der Waals surface area (Å²) >= 11 is 4.83. The van der Waals surface area contributed by atoms with Crippen molar-refractivity contribution in [1.82, 2.24) is 4.98 Å². The molecular formula is C6H10BrN3S. The Kier molecular flexibility index (Phi) is 3.29. The molecule has 1 atom stereocenters. The van der Waals surface area contributed by atoms with Crippen molar-refractivity contribution in [2.45, 2.75) is 13.0 Å². The molecule has 1 aromatic heterocycles. The summed E-state index contributed by atoms with van der Waals surface area (Å²) in [5.74, 6) is 0. The average molecular weight is 236 g/mol. The van der Waals surface area contributed by atoms with Crippen molar-refractivity contribution in [1.29, 1.82) is 0 Å². The fraction of sp³-hybridized carbons (Fsp3) is 0.500. The first kappa shape index (κ1) is 8.96. The van der Waals surface area contributed by atoms with Gasteiger partial charge in [-0.05, 0) is 22.9 Å². The molecule has 0 bridgehead atoms. The minimum Gasteiger partial charge on any atom is -0.360 e. The van der Waals surface area contributed by atoms with Crippen molar-refractivity contribution in [2.24, 2.45) is 5.73 Å². The van der Waals surface area contributed by atoms with E-state index in [4.69, 9.17) is 5.73 Å². The minimum absolute atomic E-state index is 0.165. The number of thiazole rings is 1. The lowest BCUT2D eigenvalue weighted by Gasteiger charge is -2.04. The Hall–Kier alpha value is -0.130. The second kappa shape index (κ2) is 4.04. The first-order chi connectivity index (χ1) is 5.18. The van der Waals surface area contributed by atoms with E-state index in [1.807, 2.05) is 12.3 Å². The summed E-state index contributed by atoms with van der Waals surface area (Å²) < 4.78 is 0.870. The highest BCUT2D eigenvalue weighted by Crippen LogP contribution is 2.18. The Morgan fingerprint density at radius 1 is 1.91 bits per heavy atom. The third kappa shape index (κ3) is 3.18. The van der Waals surface area contributed by atoms with E-state index in [-0.39, 0.29) is 6.04 Å². The van der Waals surface area contributed by atoms with Gasteiger partial charge in [-0.1, -0.05) is 0 Å². The Morgan fingerprint density at radius 2 is 2.64 bits per heavy atom. The van der Waals surface area contributed by atoms with Gasteiger partial charge in [0.15, 0.2) is 5.13 Å². The number of anilines is 1. The molecule has 62 valence electrons. The third-order valence-electron chi connectivity index (χ3n) is 1.05. The van der Waals surface area contributed by atoms with Crippen molar-refractivity contribution >= 4 is 32.4 Å².